The summed E-state index contributed by atoms with van der Waals surface area (Å²) in [5, 5.41) is 14.2. The van der Waals surface area contributed by atoms with Crippen LogP contribution in [0.25, 0.3) is 0 Å². The summed E-state index contributed by atoms with van der Waals surface area (Å²) in [5.41, 5.74) is 1.76. The fraction of sp³-hybridized carbons (Fsp3) is 0.400. The topological polar surface area (TPSA) is 50.7 Å². The molecule has 2 aromatic rings. The third-order valence-electron chi connectivity index (χ3n) is 4.06. The van der Waals surface area contributed by atoms with Crippen molar-refractivity contribution in [2.45, 2.75) is 39.5 Å². The molecular weight excluding hydrogens is 409 g/mol. The molecule has 0 fully saturated rings. The molecule has 4 nitrogen and oxygen atoms in total. The lowest BCUT2D eigenvalue weighted by Gasteiger charge is -2.18. The second-order valence-corrected chi connectivity index (χ2v) is 7.28. The highest BCUT2D eigenvalue weighted by atomic mass is 35.5. The third-order valence-corrected chi connectivity index (χ3v) is 4.93. The molecule has 1 unspecified atom stereocenters. The zero-order valence-electron chi connectivity index (χ0n) is 15.4. The molecular formula is C20H24Cl3NO3. The fourth-order valence-corrected chi connectivity index (χ4v) is 3.27. The number of aliphatic hydroxyl groups excluding tert-OH is 1. The van der Waals surface area contributed by atoms with Crippen LogP contribution in [0.5, 0.6) is 11.5 Å². The highest BCUT2D eigenvalue weighted by Gasteiger charge is 2.14. The van der Waals surface area contributed by atoms with Crippen molar-refractivity contribution in [2.24, 2.45) is 0 Å². The molecule has 148 valence electrons. The van der Waals surface area contributed by atoms with E-state index >= 15 is 0 Å². The Balaban J connectivity index is 2.17. The van der Waals surface area contributed by atoms with E-state index in [1.165, 1.54) is 0 Å². The minimum absolute atomic E-state index is 0.0438. The highest BCUT2D eigenvalue weighted by molar-refractivity contribution is 6.35. The van der Waals surface area contributed by atoms with Gasteiger partial charge in [0.15, 0.2) is 11.5 Å². The van der Waals surface area contributed by atoms with Crippen molar-refractivity contribution in [3.05, 3.63) is 56.5 Å². The van der Waals surface area contributed by atoms with Crippen LogP contribution in [0.4, 0.5) is 0 Å². The Morgan fingerprint density at radius 3 is 2.44 bits per heavy atom. The van der Waals surface area contributed by atoms with Crippen LogP contribution in [-0.2, 0) is 13.2 Å². The first-order valence-corrected chi connectivity index (χ1v) is 9.98. The lowest BCUT2D eigenvalue weighted by atomic mass is 10.1. The Morgan fingerprint density at radius 2 is 1.81 bits per heavy atom. The molecule has 2 rings (SSSR count). The van der Waals surface area contributed by atoms with Gasteiger partial charge in [-0.1, -0.05) is 47.8 Å². The van der Waals surface area contributed by atoms with Gasteiger partial charge in [-0.2, -0.15) is 0 Å². The van der Waals surface area contributed by atoms with E-state index in [9.17, 15) is 5.11 Å². The van der Waals surface area contributed by atoms with Gasteiger partial charge in [0.05, 0.1) is 18.2 Å². The number of hydrogen-bond donors (Lipinski definition) is 2. The van der Waals surface area contributed by atoms with E-state index in [0.29, 0.717) is 39.7 Å². The van der Waals surface area contributed by atoms with Gasteiger partial charge < -0.3 is 19.9 Å². The standard InChI is InChI=1S/C20H24Cl3NO3/c1-3-16(11-25)24-10-13-7-18(23)20(19(8-13)26-4-2)27-12-14-5-6-15(21)9-17(14)22/h5-9,16,24-25H,3-4,10-12H2,1-2H3. The van der Waals surface area contributed by atoms with Crippen LogP contribution in [0.15, 0.2) is 30.3 Å². The first-order chi connectivity index (χ1) is 13.0. The predicted octanol–water partition coefficient (Wildman–Crippen LogP) is 5.49. The van der Waals surface area contributed by atoms with E-state index in [4.69, 9.17) is 44.3 Å². The molecule has 0 heterocycles. The van der Waals surface area contributed by atoms with Gasteiger partial charge >= 0.3 is 0 Å². The zero-order chi connectivity index (χ0) is 19.8. The second-order valence-electron chi connectivity index (χ2n) is 6.03. The van der Waals surface area contributed by atoms with Crippen molar-refractivity contribution < 1.29 is 14.6 Å². The molecule has 0 saturated heterocycles. The Hall–Kier alpha value is -1.17. The van der Waals surface area contributed by atoms with Gasteiger partial charge in [-0.25, -0.2) is 0 Å². The molecule has 0 amide bonds. The first-order valence-electron chi connectivity index (χ1n) is 8.84. The van der Waals surface area contributed by atoms with Crippen molar-refractivity contribution in [1.29, 1.82) is 0 Å². The van der Waals surface area contributed by atoms with Crippen molar-refractivity contribution in [3.8, 4) is 11.5 Å². The summed E-state index contributed by atoms with van der Waals surface area (Å²) in [5.74, 6) is 1.05. The lowest BCUT2D eigenvalue weighted by Crippen LogP contribution is -2.31. The summed E-state index contributed by atoms with van der Waals surface area (Å²) in [6.07, 6.45) is 0.839. The molecule has 0 aliphatic rings. The summed E-state index contributed by atoms with van der Waals surface area (Å²) in [7, 11) is 0. The molecule has 0 aromatic heterocycles. The molecule has 2 N–H and O–H groups in total. The molecule has 27 heavy (non-hydrogen) atoms. The number of nitrogens with one attached hydrogen (secondary N) is 1. The van der Waals surface area contributed by atoms with Crippen molar-refractivity contribution in [2.75, 3.05) is 13.2 Å². The molecule has 0 spiro atoms. The Morgan fingerprint density at radius 1 is 1.04 bits per heavy atom. The number of benzene rings is 2. The van der Waals surface area contributed by atoms with E-state index in [1.54, 1.807) is 12.1 Å². The summed E-state index contributed by atoms with van der Waals surface area (Å²) in [6, 6.07) is 9.02. The third kappa shape index (κ3) is 6.44. The molecule has 0 aliphatic heterocycles. The number of aliphatic hydroxyl groups is 1. The fourth-order valence-electron chi connectivity index (χ4n) is 2.52. The van der Waals surface area contributed by atoms with Crippen LogP contribution >= 0.6 is 34.8 Å². The summed E-state index contributed by atoms with van der Waals surface area (Å²) < 4.78 is 11.6. The molecule has 1 atom stereocenters. The highest BCUT2D eigenvalue weighted by Crippen LogP contribution is 2.37. The summed E-state index contributed by atoms with van der Waals surface area (Å²) in [6.45, 7) is 5.31. The number of hydrogen-bond acceptors (Lipinski definition) is 4. The quantitative estimate of drug-likeness (QED) is 0.521. The van der Waals surface area contributed by atoms with Crippen LogP contribution in [0.1, 0.15) is 31.4 Å². The van der Waals surface area contributed by atoms with E-state index in [0.717, 1.165) is 17.5 Å². The van der Waals surface area contributed by atoms with Gasteiger partial charge in [0.2, 0.25) is 0 Å². The second kappa shape index (κ2) is 11.0. The van der Waals surface area contributed by atoms with E-state index in [2.05, 4.69) is 5.32 Å². The SMILES string of the molecule is CCOc1cc(CNC(CC)CO)cc(Cl)c1OCc1ccc(Cl)cc1Cl. The van der Waals surface area contributed by atoms with Crippen LogP contribution in [-0.4, -0.2) is 24.4 Å². The first kappa shape index (κ1) is 22.1. The van der Waals surface area contributed by atoms with Crippen LogP contribution < -0.4 is 14.8 Å². The smallest absolute Gasteiger partial charge is 0.180 e. The Bertz CT molecular complexity index is 751. The van der Waals surface area contributed by atoms with Crippen molar-refractivity contribution in [3.63, 3.8) is 0 Å². The average molecular weight is 433 g/mol. The minimum atomic E-state index is 0.0438. The van der Waals surface area contributed by atoms with E-state index < -0.39 is 0 Å². The molecule has 7 heteroatoms. The van der Waals surface area contributed by atoms with Crippen molar-refractivity contribution in [1.82, 2.24) is 5.32 Å². The zero-order valence-corrected chi connectivity index (χ0v) is 17.7. The lowest BCUT2D eigenvalue weighted by molar-refractivity contribution is 0.238. The molecule has 0 bridgehead atoms. The maximum Gasteiger partial charge on any atom is 0.180 e. The van der Waals surface area contributed by atoms with Gasteiger partial charge in [0, 0.05) is 28.2 Å². The molecule has 0 radical (unpaired) electrons. The predicted molar refractivity (Wildman–Crippen MR) is 111 cm³/mol. The van der Waals surface area contributed by atoms with Crippen LogP contribution in [0.2, 0.25) is 15.1 Å². The summed E-state index contributed by atoms with van der Waals surface area (Å²) >= 11 is 18.6. The van der Waals surface area contributed by atoms with Crippen LogP contribution in [0, 0.1) is 0 Å². The normalized spacial score (nSPS) is 12.1. The largest absolute Gasteiger partial charge is 0.490 e. The molecule has 0 saturated carbocycles. The summed E-state index contributed by atoms with van der Waals surface area (Å²) in [4.78, 5) is 0. The van der Waals surface area contributed by atoms with E-state index in [1.807, 2.05) is 32.0 Å². The minimum Gasteiger partial charge on any atom is -0.490 e. The number of rotatable bonds is 10. The Labute approximate surface area is 175 Å². The maximum atomic E-state index is 9.31. The number of ether oxygens (including phenoxy) is 2. The van der Waals surface area contributed by atoms with Gasteiger partial charge in [-0.3, -0.25) is 0 Å². The van der Waals surface area contributed by atoms with Crippen molar-refractivity contribution >= 4 is 34.8 Å². The Kier molecular flexibility index (Phi) is 9.00. The molecule has 2 aromatic carbocycles. The maximum absolute atomic E-state index is 9.31. The number of halogens is 3. The van der Waals surface area contributed by atoms with Gasteiger partial charge in [-0.15, -0.1) is 0 Å². The molecule has 0 aliphatic carbocycles. The van der Waals surface area contributed by atoms with Crippen LogP contribution in [0.3, 0.4) is 0 Å². The van der Waals surface area contributed by atoms with Gasteiger partial charge in [0.1, 0.15) is 6.61 Å². The monoisotopic (exact) mass is 431 g/mol. The van der Waals surface area contributed by atoms with E-state index in [-0.39, 0.29) is 19.3 Å². The average Bonchev–Trinajstić information content (AvgIpc) is 2.63. The van der Waals surface area contributed by atoms with Gasteiger partial charge in [-0.05, 0) is 43.2 Å². The van der Waals surface area contributed by atoms with Gasteiger partial charge in [0.25, 0.3) is 0 Å².